The number of thiazole rings is 1. The highest BCUT2D eigenvalue weighted by Gasteiger charge is 2.21. The molecular weight excluding hydrogens is 327 g/mol. The van der Waals surface area contributed by atoms with Crippen molar-refractivity contribution >= 4 is 22.9 Å². The minimum absolute atomic E-state index is 0.0129. The highest BCUT2D eigenvalue weighted by Crippen LogP contribution is 2.24. The summed E-state index contributed by atoms with van der Waals surface area (Å²) in [6.45, 7) is 6.13. The molecular formula is C17H21FN4OS. The molecule has 1 aromatic carbocycles. The van der Waals surface area contributed by atoms with Crippen LogP contribution in [0.4, 0.5) is 10.1 Å². The molecule has 0 atom stereocenters. The van der Waals surface area contributed by atoms with Crippen LogP contribution in [0.5, 0.6) is 0 Å². The van der Waals surface area contributed by atoms with Gasteiger partial charge in [-0.05, 0) is 25.5 Å². The molecule has 24 heavy (non-hydrogen) atoms. The SMILES string of the molecule is Cc1nc(CN2CCCN(c3cccc(F)c3C(N)=O)CC2)cs1. The number of benzene rings is 1. The fourth-order valence-electron chi connectivity index (χ4n) is 3.10. The summed E-state index contributed by atoms with van der Waals surface area (Å²) in [7, 11) is 0. The van der Waals surface area contributed by atoms with Crippen molar-refractivity contribution in [2.75, 3.05) is 31.1 Å². The minimum Gasteiger partial charge on any atom is -0.369 e. The number of primary amides is 1. The van der Waals surface area contributed by atoms with Gasteiger partial charge in [0.1, 0.15) is 5.82 Å². The maximum atomic E-state index is 14.0. The Kier molecular flexibility index (Phi) is 5.11. The Labute approximate surface area is 144 Å². The number of carbonyl (C=O) groups excluding carboxylic acids is 1. The van der Waals surface area contributed by atoms with E-state index < -0.39 is 11.7 Å². The van der Waals surface area contributed by atoms with Crippen LogP contribution >= 0.6 is 11.3 Å². The second-order valence-corrected chi connectivity index (χ2v) is 7.04. The van der Waals surface area contributed by atoms with Gasteiger partial charge in [0.25, 0.3) is 5.91 Å². The number of nitrogens with two attached hydrogens (primary N) is 1. The molecule has 1 aliphatic heterocycles. The normalized spacial score (nSPS) is 16.2. The standard InChI is InChI=1S/C17H21FN4OS/c1-12-20-13(11-24-12)10-21-6-3-7-22(9-8-21)15-5-2-4-14(18)16(15)17(19)23/h2,4-5,11H,3,6-10H2,1H3,(H2,19,23). The van der Waals surface area contributed by atoms with Crippen LogP contribution in [0, 0.1) is 12.7 Å². The quantitative estimate of drug-likeness (QED) is 0.922. The molecule has 0 unspecified atom stereocenters. The minimum atomic E-state index is -0.720. The zero-order valence-electron chi connectivity index (χ0n) is 13.7. The van der Waals surface area contributed by atoms with Gasteiger partial charge in [-0.3, -0.25) is 9.69 Å². The summed E-state index contributed by atoms with van der Waals surface area (Å²) in [5, 5.41) is 3.17. The van der Waals surface area contributed by atoms with Crippen molar-refractivity contribution in [3.05, 3.63) is 45.7 Å². The molecule has 1 aromatic heterocycles. The molecule has 1 saturated heterocycles. The van der Waals surface area contributed by atoms with E-state index in [1.165, 1.54) is 6.07 Å². The van der Waals surface area contributed by atoms with E-state index in [-0.39, 0.29) is 5.56 Å². The predicted molar refractivity (Wildman–Crippen MR) is 93.9 cm³/mol. The first-order valence-corrected chi connectivity index (χ1v) is 8.89. The van der Waals surface area contributed by atoms with Gasteiger partial charge in [0.15, 0.2) is 0 Å². The summed E-state index contributed by atoms with van der Waals surface area (Å²) in [6, 6.07) is 4.67. The lowest BCUT2D eigenvalue weighted by Crippen LogP contribution is -2.32. The Balaban J connectivity index is 1.72. The first-order chi connectivity index (χ1) is 11.5. The molecule has 0 spiro atoms. The van der Waals surface area contributed by atoms with Crippen LogP contribution in [0.3, 0.4) is 0 Å². The fourth-order valence-corrected chi connectivity index (χ4v) is 3.70. The maximum Gasteiger partial charge on any atom is 0.253 e. The lowest BCUT2D eigenvalue weighted by Gasteiger charge is -2.25. The highest BCUT2D eigenvalue weighted by atomic mass is 32.1. The maximum absolute atomic E-state index is 14.0. The summed E-state index contributed by atoms with van der Waals surface area (Å²) in [4.78, 5) is 20.5. The average Bonchev–Trinajstić information content (AvgIpc) is 2.80. The number of hydrogen-bond donors (Lipinski definition) is 1. The second-order valence-electron chi connectivity index (χ2n) is 5.97. The molecule has 2 N–H and O–H groups in total. The van der Waals surface area contributed by atoms with Crippen molar-refractivity contribution in [1.29, 1.82) is 0 Å². The number of nitrogens with zero attached hydrogens (tertiary/aromatic N) is 3. The summed E-state index contributed by atoms with van der Waals surface area (Å²) >= 11 is 1.66. The third-order valence-corrected chi connectivity index (χ3v) is 5.04. The van der Waals surface area contributed by atoms with Gasteiger partial charge >= 0.3 is 0 Å². The fraction of sp³-hybridized carbons (Fsp3) is 0.412. The van der Waals surface area contributed by atoms with Crippen molar-refractivity contribution in [3.63, 3.8) is 0 Å². The van der Waals surface area contributed by atoms with Gasteiger partial charge < -0.3 is 10.6 Å². The first-order valence-electron chi connectivity index (χ1n) is 8.01. The number of amides is 1. The lowest BCUT2D eigenvalue weighted by molar-refractivity contribution is 0.0997. The van der Waals surface area contributed by atoms with E-state index in [1.54, 1.807) is 23.5 Å². The smallest absolute Gasteiger partial charge is 0.253 e. The molecule has 7 heteroatoms. The van der Waals surface area contributed by atoms with Crippen LogP contribution in [0.2, 0.25) is 0 Å². The Morgan fingerprint density at radius 1 is 1.33 bits per heavy atom. The van der Waals surface area contributed by atoms with Crippen molar-refractivity contribution < 1.29 is 9.18 Å². The van der Waals surface area contributed by atoms with Gasteiger partial charge in [-0.25, -0.2) is 9.37 Å². The Morgan fingerprint density at radius 2 is 2.17 bits per heavy atom. The van der Waals surface area contributed by atoms with Gasteiger partial charge in [0, 0.05) is 38.1 Å². The largest absolute Gasteiger partial charge is 0.369 e. The van der Waals surface area contributed by atoms with Gasteiger partial charge in [0.05, 0.1) is 22.0 Å². The molecule has 2 heterocycles. The van der Waals surface area contributed by atoms with Crippen LogP contribution in [-0.4, -0.2) is 42.0 Å². The van der Waals surface area contributed by atoms with Gasteiger partial charge in [-0.2, -0.15) is 0 Å². The van der Waals surface area contributed by atoms with E-state index in [0.717, 1.165) is 49.8 Å². The van der Waals surface area contributed by atoms with Crippen molar-refractivity contribution in [1.82, 2.24) is 9.88 Å². The predicted octanol–water partition coefficient (Wildman–Crippen LogP) is 2.40. The van der Waals surface area contributed by atoms with Crippen LogP contribution in [0.1, 0.15) is 27.5 Å². The molecule has 2 aromatic rings. The first kappa shape index (κ1) is 16.9. The summed E-state index contributed by atoms with van der Waals surface area (Å²) in [6.07, 6.45) is 0.942. The summed E-state index contributed by atoms with van der Waals surface area (Å²) in [5.74, 6) is -1.28. The van der Waals surface area contributed by atoms with E-state index in [4.69, 9.17) is 5.73 Å². The summed E-state index contributed by atoms with van der Waals surface area (Å²) in [5.41, 5.74) is 7.04. The summed E-state index contributed by atoms with van der Waals surface area (Å²) < 4.78 is 14.0. The Morgan fingerprint density at radius 3 is 2.88 bits per heavy atom. The molecule has 1 fully saturated rings. The van der Waals surface area contributed by atoms with Crippen LogP contribution in [0.25, 0.3) is 0 Å². The number of carbonyl (C=O) groups is 1. The Bertz CT molecular complexity index is 733. The topological polar surface area (TPSA) is 62.5 Å². The molecule has 0 saturated carbocycles. The molecule has 5 nitrogen and oxygen atoms in total. The molecule has 1 aliphatic rings. The zero-order valence-corrected chi connectivity index (χ0v) is 14.5. The van der Waals surface area contributed by atoms with E-state index in [2.05, 4.69) is 20.2 Å². The molecule has 0 radical (unpaired) electrons. The third-order valence-electron chi connectivity index (χ3n) is 4.22. The number of hydrogen-bond acceptors (Lipinski definition) is 5. The molecule has 1 amide bonds. The monoisotopic (exact) mass is 348 g/mol. The Hall–Kier alpha value is -1.99. The van der Waals surface area contributed by atoms with Gasteiger partial charge in [-0.15, -0.1) is 11.3 Å². The van der Waals surface area contributed by atoms with E-state index in [1.807, 2.05) is 6.92 Å². The number of anilines is 1. The van der Waals surface area contributed by atoms with E-state index in [0.29, 0.717) is 5.69 Å². The van der Waals surface area contributed by atoms with Gasteiger partial charge in [-0.1, -0.05) is 6.07 Å². The van der Waals surface area contributed by atoms with E-state index in [9.17, 15) is 9.18 Å². The molecule has 3 rings (SSSR count). The number of aromatic nitrogens is 1. The zero-order chi connectivity index (χ0) is 17.1. The third kappa shape index (κ3) is 3.73. The van der Waals surface area contributed by atoms with Crippen molar-refractivity contribution in [2.45, 2.75) is 19.9 Å². The number of aryl methyl sites for hydroxylation is 1. The molecule has 0 bridgehead atoms. The highest BCUT2D eigenvalue weighted by molar-refractivity contribution is 7.09. The second kappa shape index (κ2) is 7.27. The van der Waals surface area contributed by atoms with E-state index >= 15 is 0 Å². The molecule has 128 valence electrons. The average molecular weight is 348 g/mol. The van der Waals surface area contributed by atoms with Crippen LogP contribution < -0.4 is 10.6 Å². The number of rotatable bonds is 4. The van der Waals surface area contributed by atoms with Crippen molar-refractivity contribution in [3.8, 4) is 0 Å². The van der Waals surface area contributed by atoms with Crippen LogP contribution in [0.15, 0.2) is 23.6 Å². The number of halogens is 1. The lowest BCUT2D eigenvalue weighted by atomic mass is 10.1. The van der Waals surface area contributed by atoms with Crippen molar-refractivity contribution in [2.24, 2.45) is 5.73 Å². The van der Waals surface area contributed by atoms with Crippen LogP contribution in [-0.2, 0) is 6.54 Å². The molecule has 0 aliphatic carbocycles. The van der Waals surface area contributed by atoms with Gasteiger partial charge in [0.2, 0.25) is 0 Å².